The second-order valence-corrected chi connectivity index (χ2v) is 8.94. The van der Waals surface area contributed by atoms with E-state index in [1.54, 1.807) is 0 Å². The highest BCUT2D eigenvalue weighted by molar-refractivity contribution is 5.20. The predicted molar refractivity (Wildman–Crippen MR) is 126 cm³/mol. The Morgan fingerprint density at radius 2 is 1.19 bits per heavy atom. The molecule has 0 radical (unpaired) electrons. The van der Waals surface area contributed by atoms with Crippen LogP contribution in [0.3, 0.4) is 0 Å². The first kappa shape index (κ1) is 29.0. The van der Waals surface area contributed by atoms with Gasteiger partial charge in [0.05, 0.1) is 0 Å². The third kappa shape index (κ3) is 10.7. The average Bonchev–Trinajstić information content (AvgIpc) is 2.73. The van der Waals surface area contributed by atoms with E-state index < -0.39 is 23.2 Å². The van der Waals surface area contributed by atoms with Crippen LogP contribution in [0.25, 0.3) is 0 Å². The fourth-order valence-electron chi connectivity index (χ4n) is 4.55. The van der Waals surface area contributed by atoms with E-state index in [1.807, 2.05) is 13.8 Å². The molecule has 0 spiro atoms. The zero-order valence-corrected chi connectivity index (χ0v) is 20.8. The van der Waals surface area contributed by atoms with E-state index in [2.05, 4.69) is 13.8 Å². The third-order valence-electron chi connectivity index (χ3n) is 6.34. The van der Waals surface area contributed by atoms with E-state index in [-0.39, 0.29) is 5.56 Å². The highest BCUT2D eigenvalue weighted by Crippen LogP contribution is 2.33. The molecule has 0 aromatic heterocycles. The Morgan fingerprint density at radius 3 is 1.69 bits per heavy atom. The maximum Gasteiger partial charge on any atom is 0.168 e. The van der Waals surface area contributed by atoms with Gasteiger partial charge in [-0.3, -0.25) is 0 Å². The van der Waals surface area contributed by atoms with E-state index in [0.717, 1.165) is 44.2 Å². The van der Waals surface area contributed by atoms with Gasteiger partial charge in [0.1, 0.15) is 17.5 Å². The zero-order chi connectivity index (χ0) is 23.8. The standard InChI is InChI=1S/C27H45F3O2/c1-5-8-9-10-11-14-17-22(27(4,31-6-2)32-7-3)18-15-12-13-16-19-24-25(29)20-23(28)21-26(24)30/h20-22H,5-19H2,1-4H3. The molecular weight excluding hydrogens is 413 g/mol. The average molecular weight is 459 g/mol. The first-order valence-corrected chi connectivity index (χ1v) is 12.8. The Morgan fingerprint density at radius 1 is 0.719 bits per heavy atom. The van der Waals surface area contributed by atoms with Crippen LogP contribution in [-0.4, -0.2) is 19.0 Å². The van der Waals surface area contributed by atoms with Gasteiger partial charge in [0.15, 0.2) is 5.79 Å². The largest absolute Gasteiger partial charge is 0.350 e. The van der Waals surface area contributed by atoms with Crippen molar-refractivity contribution in [2.24, 2.45) is 5.92 Å². The molecule has 1 rings (SSSR count). The van der Waals surface area contributed by atoms with Crippen molar-refractivity contribution in [3.05, 3.63) is 35.1 Å². The number of hydrogen-bond donors (Lipinski definition) is 0. The lowest BCUT2D eigenvalue weighted by Crippen LogP contribution is -2.41. The highest BCUT2D eigenvalue weighted by atomic mass is 19.1. The summed E-state index contributed by atoms with van der Waals surface area (Å²) in [6.45, 7) is 9.57. The molecule has 5 heteroatoms. The van der Waals surface area contributed by atoms with E-state index in [1.165, 1.54) is 38.5 Å². The van der Waals surface area contributed by atoms with E-state index in [4.69, 9.17) is 9.47 Å². The molecule has 1 unspecified atom stereocenters. The van der Waals surface area contributed by atoms with Gasteiger partial charge in [-0.15, -0.1) is 0 Å². The Kier molecular flexibility index (Phi) is 15.0. The van der Waals surface area contributed by atoms with Gasteiger partial charge in [-0.2, -0.15) is 0 Å². The van der Waals surface area contributed by atoms with Crippen molar-refractivity contribution in [3.63, 3.8) is 0 Å². The summed E-state index contributed by atoms with van der Waals surface area (Å²) in [5.74, 6) is -2.67. The first-order valence-electron chi connectivity index (χ1n) is 12.8. The molecule has 1 aromatic carbocycles. The number of rotatable bonds is 19. The van der Waals surface area contributed by atoms with Gasteiger partial charge in [-0.05, 0) is 46.5 Å². The van der Waals surface area contributed by atoms with Crippen LogP contribution in [0.5, 0.6) is 0 Å². The molecule has 0 aliphatic heterocycles. The summed E-state index contributed by atoms with van der Waals surface area (Å²) in [4.78, 5) is 0. The van der Waals surface area contributed by atoms with Crippen LogP contribution < -0.4 is 0 Å². The highest BCUT2D eigenvalue weighted by Gasteiger charge is 2.34. The molecule has 0 saturated carbocycles. The molecule has 1 atom stereocenters. The number of unbranched alkanes of at least 4 members (excludes halogenated alkanes) is 8. The first-order chi connectivity index (χ1) is 15.4. The van der Waals surface area contributed by atoms with Crippen molar-refractivity contribution >= 4 is 0 Å². The lowest BCUT2D eigenvalue weighted by atomic mass is 9.87. The van der Waals surface area contributed by atoms with Gasteiger partial charge in [0.25, 0.3) is 0 Å². The zero-order valence-electron chi connectivity index (χ0n) is 20.8. The number of benzene rings is 1. The Hall–Kier alpha value is -1.07. The summed E-state index contributed by atoms with van der Waals surface area (Å²) in [6.07, 6.45) is 13.6. The van der Waals surface area contributed by atoms with Gasteiger partial charge in [-0.25, -0.2) is 13.2 Å². The van der Waals surface area contributed by atoms with Crippen LogP contribution >= 0.6 is 0 Å². The molecule has 0 aliphatic rings. The maximum atomic E-state index is 13.8. The molecule has 1 aromatic rings. The minimum absolute atomic E-state index is 0.00684. The van der Waals surface area contributed by atoms with Crippen LogP contribution in [0.2, 0.25) is 0 Å². The second kappa shape index (κ2) is 16.5. The quantitative estimate of drug-likeness (QED) is 0.152. The molecule has 0 aliphatic carbocycles. The summed E-state index contributed by atoms with van der Waals surface area (Å²) in [5, 5.41) is 0. The molecule has 0 bridgehead atoms. The van der Waals surface area contributed by atoms with Crippen molar-refractivity contribution in [2.75, 3.05) is 13.2 Å². The van der Waals surface area contributed by atoms with Crippen molar-refractivity contribution < 1.29 is 22.6 Å². The Balaban J connectivity index is 2.49. The van der Waals surface area contributed by atoms with Crippen molar-refractivity contribution in [2.45, 2.75) is 117 Å². The third-order valence-corrected chi connectivity index (χ3v) is 6.34. The SMILES string of the molecule is CCCCCCCCC(CCCCCCc1c(F)cc(F)cc1F)C(C)(OCC)OCC. The van der Waals surface area contributed by atoms with Gasteiger partial charge in [-0.1, -0.05) is 64.7 Å². The molecule has 0 N–H and O–H groups in total. The van der Waals surface area contributed by atoms with E-state index in [0.29, 0.717) is 32.0 Å². The summed E-state index contributed by atoms with van der Waals surface area (Å²) in [5.41, 5.74) is -0.00684. The monoisotopic (exact) mass is 458 g/mol. The van der Waals surface area contributed by atoms with Crippen LogP contribution in [0, 0.1) is 23.4 Å². The summed E-state index contributed by atoms with van der Waals surface area (Å²) in [6, 6.07) is 1.52. The minimum Gasteiger partial charge on any atom is -0.350 e. The molecule has 2 nitrogen and oxygen atoms in total. The van der Waals surface area contributed by atoms with Gasteiger partial charge in [0.2, 0.25) is 0 Å². The van der Waals surface area contributed by atoms with Crippen LogP contribution in [-0.2, 0) is 15.9 Å². The normalized spacial score (nSPS) is 13.0. The van der Waals surface area contributed by atoms with Crippen molar-refractivity contribution in [3.8, 4) is 0 Å². The molecule has 0 saturated heterocycles. The molecular formula is C27H45F3O2. The molecule has 0 amide bonds. The van der Waals surface area contributed by atoms with E-state index in [9.17, 15) is 13.2 Å². The minimum atomic E-state index is -0.869. The fraction of sp³-hybridized carbons (Fsp3) is 0.778. The summed E-state index contributed by atoms with van der Waals surface area (Å²) in [7, 11) is 0. The number of ether oxygens (including phenoxy) is 2. The number of hydrogen-bond acceptors (Lipinski definition) is 2. The fourth-order valence-corrected chi connectivity index (χ4v) is 4.55. The second-order valence-electron chi connectivity index (χ2n) is 8.94. The van der Waals surface area contributed by atoms with Crippen molar-refractivity contribution in [1.82, 2.24) is 0 Å². The topological polar surface area (TPSA) is 18.5 Å². The lowest BCUT2D eigenvalue weighted by molar-refractivity contribution is -0.254. The van der Waals surface area contributed by atoms with Crippen LogP contribution in [0.4, 0.5) is 13.2 Å². The maximum absolute atomic E-state index is 13.8. The summed E-state index contributed by atoms with van der Waals surface area (Å²) >= 11 is 0. The molecule has 0 fully saturated rings. The van der Waals surface area contributed by atoms with Gasteiger partial charge in [0, 0.05) is 36.8 Å². The summed E-state index contributed by atoms with van der Waals surface area (Å²) < 4.78 is 52.7. The molecule has 0 heterocycles. The smallest absolute Gasteiger partial charge is 0.168 e. The lowest BCUT2D eigenvalue weighted by Gasteiger charge is -2.37. The predicted octanol–water partition coefficient (Wildman–Crippen LogP) is 8.75. The molecule has 186 valence electrons. The van der Waals surface area contributed by atoms with Crippen LogP contribution in [0.1, 0.15) is 110 Å². The van der Waals surface area contributed by atoms with Crippen molar-refractivity contribution in [1.29, 1.82) is 0 Å². The van der Waals surface area contributed by atoms with Gasteiger partial charge >= 0.3 is 0 Å². The Labute approximate surface area is 194 Å². The molecule has 32 heavy (non-hydrogen) atoms. The van der Waals surface area contributed by atoms with E-state index >= 15 is 0 Å². The van der Waals surface area contributed by atoms with Gasteiger partial charge < -0.3 is 9.47 Å². The van der Waals surface area contributed by atoms with Crippen LogP contribution in [0.15, 0.2) is 12.1 Å². The number of halogens is 3. The Bertz CT molecular complexity index is 592.